The molecule has 0 aliphatic rings. The molecule has 0 saturated carbocycles. The fourth-order valence-electron chi connectivity index (χ4n) is 1.40. The summed E-state index contributed by atoms with van der Waals surface area (Å²) < 4.78 is 39.6. The SMILES string of the molecule is Nn1cc(C(=O)Nc2ccc(OC(F)(F)F)cc2)cn1. The molecular formula is C11H9F3N4O2. The molecule has 6 nitrogen and oxygen atoms in total. The second-order valence-corrected chi connectivity index (χ2v) is 3.74. The number of hydrogen-bond acceptors (Lipinski definition) is 4. The van der Waals surface area contributed by atoms with Crippen LogP contribution in [0.4, 0.5) is 18.9 Å². The van der Waals surface area contributed by atoms with Crippen LogP contribution in [0.2, 0.25) is 0 Å². The Morgan fingerprint density at radius 1 is 1.30 bits per heavy atom. The lowest BCUT2D eigenvalue weighted by Gasteiger charge is -2.09. The van der Waals surface area contributed by atoms with Gasteiger partial charge in [0, 0.05) is 5.69 Å². The van der Waals surface area contributed by atoms with Crippen molar-refractivity contribution in [2.75, 3.05) is 11.2 Å². The quantitative estimate of drug-likeness (QED) is 0.842. The van der Waals surface area contributed by atoms with Gasteiger partial charge in [-0.3, -0.25) is 4.79 Å². The van der Waals surface area contributed by atoms with Crippen molar-refractivity contribution in [3.05, 3.63) is 42.2 Å². The van der Waals surface area contributed by atoms with Crippen molar-refractivity contribution < 1.29 is 22.7 Å². The number of amides is 1. The third-order valence-corrected chi connectivity index (χ3v) is 2.21. The normalized spacial score (nSPS) is 11.2. The first kappa shape index (κ1) is 13.7. The Balaban J connectivity index is 2.02. The average molecular weight is 286 g/mol. The molecule has 0 aliphatic carbocycles. The highest BCUT2D eigenvalue weighted by atomic mass is 19.4. The number of nitrogen functional groups attached to an aromatic ring is 1. The van der Waals surface area contributed by atoms with Crippen LogP contribution in [0.25, 0.3) is 0 Å². The van der Waals surface area contributed by atoms with E-state index >= 15 is 0 Å². The highest BCUT2D eigenvalue weighted by molar-refractivity contribution is 6.03. The maximum Gasteiger partial charge on any atom is 0.573 e. The van der Waals surface area contributed by atoms with Crippen LogP contribution < -0.4 is 15.9 Å². The van der Waals surface area contributed by atoms with E-state index in [-0.39, 0.29) is 11.3 Å². The first-order valence-electron chi connectivity index (χ1n) is 5.30. The van der Waals surface area contributed by atoms with Gasteiger partial charge in [0.05, 0.1) is 18.0 Å². The molecule has 1 aromatic carbocycles. The summed E-state index contributed by atoms with van der Waals surface area (Å²) >= 11 is 0. The lowest BCUT2D eigenvalue weighted by Crippen LogP contribution is -2.17. The number of benzene rings is 1. The zero-order valence-electron chi connectivity index (χ0n) is 9.89. The highest BCUT2D eigenvalue weighted by Gasteiger charge is 2.30. The number of aromatic nitrogens is 2. The van der Waals surface area contributed by atoms with E-state index in [2.05, 4.69) is 15.2 Å². The molecule has 1 heterocycles. The first-order chi connectivity index (χ1) is 9.33. The number of hydrogen-bond donors (Lipinski definition) is 2. The lowest BCUT2D eigenvalue weighted by atomic mass is 10.2. The van der Waals surface area contributed by atoms with Gasteiger partial charge in [0.2, 0.25) is 0 Å². The van der Waals surface area contributed by atoms with E-state index in [9.17, 15) is 18.0 Å². The van der Waals surface area contributed by atoms with E-state index in [1.807, 2.05) is 0 Å². The van der Waals surface area contributed by atoms with Crippen molar-refractivity contribution in [2.24, 2.45) is 0 Å². The van der Waals surface area contributed by atoms with E-state index in [1.165, 1.54) is 24.5 Å². The predicted molar refractivity (Wildman–Crippen MR) is 63.5 cm³/mol. The number of nitrogens with zero attached hydrogens (tertiary/aromatic N) is 2. The number of rotatable bonds is 3. The van der Waals surface area contributed by atoms with Gasteiger partial charge in [0.1, 0.15) is 5.75 Å². The highest BCUT2D eigenvalue weighted by Crippen LogP contribution is 2.24. The second-order valence-electron chi connectivity index (χ2n) is 3.74. The van der Waals surface area contributed by atoms with Crippen LogP contribution >= 0.6 is 0 Å². The fourth-order valence-corrected chi connectivity index (χ4v) is 1.40. The molecule has 0 radical (unpaired) electrons. The third kappa shape index (κ3) is 3.64. The Morgan fingerprint density at radius 3 is 2.45 bits per heavy atom. The summed E-state index contributed by atoms with van der Waals surface area (Å²) in [7, 11) is 0. The van der Waals surface area contributed by atoms with Gasteiger partial charge >= 0.3 is 6.36 Å². The lowest BCUT2D eigenvalue weighted by molar-refractivity contribution is -0.274. The molecule has 0 aliphatic heterocycles. The molecular weight excluding hydrogens is 277 g/mol. The summed E-state index contributed by atoms with van der Waals surface area (Å²) in [6, 6.07) is 4.75. The minimum Gasteiger partial charge on any atom is -0.406 e. The monoisotopic (exact) mass is 286 g/mol. The Labute approximate surface area is 110 Å². The first-order valence-corrected chi connectivity index (χ1v) is 5.30. The van der Waals surface area contributed by atoms with Crippen molar-refractivity contribution in [1.82, 2.24) is 9.89 Å². The van der Waals surface area contributed by atoms with Crippen LogP contribution in [0.1, 0.15) is 10.4 Å². The summed E-state index contributed by atoms with van der Waals surface area (Å²) in [6.45, 7) is 0. The maximum absolute atomic E-state index is 12.0. The topological polar surface area (TPSA) is 82.2 Å². The van der Waals surface area contributed by atoms with Gasteiger partial charge in [-0.15, -0.1) is 13.2 Å². The number of halogens is 3. The van der Waals surface area contributed by atoms with Crippen molar-refractivity contribution in [1.29, 1.82) is 0 Å². The Hall–Kier alpha value is -2.71. The summed E-state index contributed by atoms with van der Waals surface area (Å²) in [6.07, 6.45) is -2.19. The molecule has 0 bridgehead atoms. The van der Waals surface area contributed by atoms with E-state index in [0.717, 1.165) is 16.9 Å². The van der Waals surface area contributed by atoms with E-state index in [4.69, 9.17) is 5.84 Å². The van der Waals surface area contributed by atoms with Gasteiger partial charge in [-0.2, -0.15) is 9.89 Å². The van der Waals surface area contributed by atoms with Gasteiger partial charge in [0.15, 0.2) is 0 Å². The number of carbonyl (C=O) groups excluding carboxylic acids is 1. The molecule has 3 N–H and O–H groups in total. The average Bonchev–Trinajstić information content (AvgIpc) is 2.77. The van der Waals surface area contributed by atoms with Crippen LogP contribution in [0.5, 0.6) is 5.75 Å². The Kier molecular flexibility index (Phi) is 3.51. The minimum absolute atomic E-state index is 0.225. The number of ether oxygens (including phenoxy) is 1. The van der Waals surface area contributed by atoms with Crippen LogP contribution in [0, 0.1) is 0 Å². The molecule has 0 spiro atoms. The molecule has 9 heteroatoms. The smallest absolute Gasteiger partial charge is 0.406 e. The summed E-state index contributed by atoms with van der Waals surface area (Å²) in [5, 5.41) is 6.10. The number of carbonyl (C=O) groups is 1. The largest absolute Gasteiger partial charge is 0.573 e. The summed E-state index contributed by atoms with van der Waals surface area (Å²) in [4.78, 5) is 12.7. The van der Waals surface area contributed by atoms with Crippen molar-refractivity contribution in [3.8, 4) is 5.75 Å². The van der Waals surface area contributed by atoms with Gasteiger partial charge in [-0.25, -0.2) is 0 Å². The summed E-state index contributed by atoms with van der Waals surface area (Å²) in [5.74, 6) is 4.44. The Bertz CT molecular complexity index is 607. The molecule has 106 valence electrons. The van der Waals surface area contributed by atoms with Crippen molar-refractivity contribution >= 4 is 11.6 Å². The standard InChI is InChI=1S/C11H9F3N4O2/c12-11(13,14)20-9-3-1-8(2-4-9)17-10(19)7-5-16-18(15)6-7/h1-6H,15H2,(H,17,19). The van der Waals surface area contributed by atoms with E-state index in [0.29, 0.717) is 5.69 Å². The molecule has 2 aromatic rings. The molecule has 1 aromatic heterocycles. The van der Waals surface area contributed by atoms with Gasteiger partial charge in [-0.05, 0) is 24.3 Å². The van der Waals surface area contributed by atoms with Crippen LogP contribution in [-0.4, -0.2) is 22.2 Å². The zero-order valence-corrected chi connectivity index (χ0v) is 9.89. The number of alkyl halides is 3. The molecule has 2 rings (SSSR count). The number of nitrogens with two attached hydrogens (primary N) is 1. The molecule has 0 unspecified atom stereocenters. The molecule has 0 saturated heterocycles. The molecule has 0 fully saturated rings. The Morgan fingerprint density at radius 2 is 1.95 bits per heavy atom. The second kappa shape index (κ2) is 5.11. The minimum atomic E-state index is -4.75. The predicted octanol–water partition coefficient (Wildman–Crippen LogP) is 1.75. The molecule has 20 heavy (non-hydrogen) atoms. The van der Waals surface area contributed by atoms with Gasteiger partial charge in [-0.1, -0.05) is 0 Å². The van der Waals surface area contributed by atoms with Crippen LogP contribution in [0.15, 0.2) is 36.7 Å². The zero-order chi connectivity index (χ0) is 14.8. The van der Waals surface area contributed by atoms with Crippen molar-refractivity contribution in [3.63, 3.8) is 0 Å². The number of nitrogens with one attached hydrogen (secondary N) is 1. The van der Waals surface area contributed by atoms with Crippen molar-refractivity contribution in [2.45, 2.75) is 6.36 Å². The van der Waals surface area contributed by atoms with Crippen LogP contribution in [0.3, 0.4) is 0 Å². The summed E-state index contributed by atoms with van der Waals surface area (Å²) in [5.41, 5.74) is 0.539. The molecule has 0 atom stereocenters. The van der Waals surface area contributed by atoms with Crippen LogP contribution in [-0.2, 0) is 0 Å². The fraction of sp³-hybridized carbons (Fsp3) is 0.0909. The molecule has 1 amide bonds. The van der Waals surface area contributed by atoms with E-state index < -0.39 is 12.3 Å². The van der Waals surface area contributed by atoms with Gasteiger partial charge in [0.25, 0.3) is 5.91 Å². The van der Waals surface area contributed by atoms with E-state index in [1.54, 1.807) is 0 Å². The third-order valence-electron chi connectivity index (χ3n) is 2.21. The number of anilines is 1. The van der Waals surface area contributed by atoms with Gasteiger partial charge < -0.3 is 15.9 Å². The maximum atomic E-state index is 12.0.